The first-order chi connectivity index (χ1) is 15.4. The van der Waals surface area contributed by atoms with Gasteiger partial charge in [0.1, 0.15) is 6.04 Å². The standard InChI is InChI=1S/C24H23ClN4O2S/c1-15-22-21(19-5-3-4-6-20(19)32-22)24(31)29(26-15)16(2)23(30)28-13-11-27(12-14-28)18-9-7-17(25)8-10-18/h3-10,16H,11-14H2,1-2H3. The zero-order valence-electron chi connectivity index (χ0n) is 17.9. The quantitative estimate of drug-likeness (QED) is 0.446. The lowest BCUT2D eigenvalue weighted by Crippen LogP contribution is -2.51. The van der Waals surface area contributed by atoms with Gasteiger partial charge in [-0.25, -0.2) is 4.68 Å². The van der Waals surface area contributed by atoms with Gasteiger partial charge in [-0.2, -0.15) is 5.10 Å². The van der Waals surface area contributed by atoms with Gasteiger partial charge in [0.2, 0.25) is 5.91 Å². The molecule has 0 spiro atoms. The van der Waals surface area contributed by atoms with Crippen LogP contribution in [0.25, 0.3) is 20.2 Å². The van der Waals surface area contributed by atoms with Crippen molar-refractivity contribution in [2.75, 3.05) is 31.1 Å². The molecule has 2 aromatic carbocycles. The van der Waals surface area contributed by atoms with Gasteiger partial charge in [0, 0.05) is 47.0 Å². The molecule has 8 heteroatoms. The van der Waals surface area contributed by atoms with E-state index in [0.717, 1.165) is 39.3 Å². The van der Waals surface area contributed by atoms with E-state index in [-0.39, 0.29) is 11.5 Å². The highest BCUT2D eigenvalue weighted by atomic mass is 35.5. The van der Waals surface area contributed by atoms with E-state index in [9.17, 15) is 9.59 Å². The lowest BCUT2D eigenvalue weighted by Gasteiger charge is -2.37. The van der Waals surface area contributed by atoms with Crippen LogP contribution >= 0.6 is 22.9 Å². The SMILES string of the molecule is Cc1nn(C(C)C(=O)N2CCN(c3ccc(Cl)cc3)CC2)c(=O)c2c1sc1ccccc12. The van der Waals surface area contributed by atoms with Crippen LogP contribution in [0.2, 0.25) is 5.02 Å². The summed E-state index contributed by atoms with van der Waals surface area (Å²) in [6.45, 7) is 6.33. The number of thiophene rings is 1. The molecule has 1 atom stereocenters. The normalized spacial score (nSPS) is 15.5. The Kier molecular flexibility index (Phi) is 5.39. The van der Waals surface area contributed by atoms with Crippen molar-refractivity contribution in [1.29, 1.82) is 0 Å². The zero-order chi connectivity index (χ0) is 22.4. The van der Waals surface area contributed by atoms with Crippen molar-refractivity contribution in [3.8, 4) is 0 Å². The van der Waals surface area contributed by atoms with E-state index in [1.807, 2.05) is 60.4 Å². The summed E-state index contributed by atoms with van der Waals surface area (Å²) in [5.74, 6) is -0.0753. The van der Waals surface area contributed by atoms with Gasteiger partial charge in [-0.05, 0) is 44.2 Å². The summed E-state index contributed by atoms with van der Waals surface area (Å²) in [6, 6.07) is 15.0. The summed E-state index contributed by atoms with van der Waals surface area (Å²) in [5.41, 5.74) is 1.66. The minimum atomic E-state index is -0.661. The molecule has 4 aromatic rings. The number of piperazine rings is 1. The molecule has 1 saturated heterocycles. The topological polar surface area (TPSA) is 58.4 Å². The third kappa shape index (κ3) is 3.55. The highest BCUT2D eigenvalue weighted by Gasteiger charge is 2.28. The number of anilines is 1. The maximum absolute atomic E-state index is 13.4. The number of rotatable bonds is 3. The van der Waals surface area contributed by atoms with Crippen molar-refractivity contribution in [1.82, 2.24) is 14.7 Å². The smallest absolute Gasteiger partial charge is 0.276 e. The minimum Gasteiger partial charge on any atom is -0.368 e. The van der Waals surface area contributed by atoms with Gasteiger partial charge < -0.3 is 9.80 Å². The average molecular weight is 467 g/mol. The van der Waals surface area contributed by atoms with Crippen molar-refractivity contribution in [2.45, 2.75) is 19.9 Å². The average Bonchev–Trinajstić information content (AvgIpc) is 3.22. The molecule has 3 heterocycles. The molecule has 1 fully saturated rings. The second-order valence-corrected chi connectivity index (χ2v) is 9.59. The fourth-order valence-corrected chi connectivity index (χ4v) is 5.61. The third-order valence-electron chi connectivity index (χ3n) is 6.11. The van der Waals surface area contributed by atoms with Gasteiger partial charge in [-0.1, -0.05) is 29.8 Å². The number of halogens is 1. The molecule has 1 unspecified atom stereocenters. The molecule has 0 bridgehead atoms. The molecule has 0 radical (unpaired) electrons. The summed E-state index contributed by atoms with van der Waals surface area (Å²) in [4.78, 5) is 30.7. The van der Waals surface area contributed by atoms with E-state index in [1.165, 1.54) is 4.68 Å². The molecule has 0 aliphatic carbocycles. The van der Waals surface area contributed by atoms with Crippen LogP contribution in [0.4, 0.5) is 5.69 Å². The lowest BCUT2D eigenvalue weighted by molar-refractivity contribution is -0.135. The second kappa shape index (κ2) is 8.22. The van der Waals surface area contributed by atoms with E-state index in [2.05, 4.69) is 10.00 Å². The summed E-state index contributed by atoms with van der Waals surface area (Å²) in [5, 5.41) is 6.82. The Morgan fingerprint density at radius 3 is 2.47 bits per heavy atom. The summed E-state index contributed by atoms with van der Waals surface area (Å²) >= 11 is 7.56. The van der Waals surface area contributed by atoms with Crippen molar-refractivity contribution < 1.29 is 4.79 Å². The number of benzene rings is 2. The van der Waals surface area contributed by atoms with Crippen LogP contribution in [0, 0.1) is 6.92 Å². The number of aromatic nitrogens is 2. The zero-order valence-corrected chi connectivity index (χ0v) is 19.5. The van der Waals surface area contributed by atoms with E-state index in [4.69, 9.17) is 11.6 Å². The van der Waals surface area contributed by atoms with Gasteiger partial charge in [0.15, 0.2) is 0 Å². The number of hydrogen-bond donors (Lipinski definition) is 0. The van der Waals surface area contributed by atoms with Crippen molar-refractivity contribution in [3.05, 3.63) is 69.6 Å². The number of carbonyl (C=O) groups is 1. The highest BCUT2D eigenvalue weighted by molar-refractivity contribution is 7.26. The van der Waals surface area contributed by atoms with Crippen molar-refractivity contribution >= 4 is 54.7 Å². The van der Waals surface area contributed by atoms with Crippen LogP contribution in [-0.2, 0) is 4.79 Å². The molecule has 1 aliphatic heterocycles. The maximum Gasteiger partial charge on any atom is 0.276 e. The molecule has 164 valence electrons. The first kappa shape index (κ1) is 21.0. The van der Waals surface area contributed by atoms with E-state index in [1.54, 1.807) is 18.3 Å². The minimum absolute atomic E-state index is 0.0753. The number of fused-ring (bicyclic) bond motifs is 3. The number of nitrogens with zero attached hydrogens (tertiary/aromatic N) is 4. The predicted octanol–water partition coefficient (Wildman–Crippen LogP) is 4.48. The molecular formula is C24H23ClN4O2S. The first-order valence-corrected chi connectivity index (χ1v) is 11.8. The fraction of sp³-hybridized carbons (Fsp3) is 0.292. The molecular weight excluding hydrogens is 444 g/mol. The molecule has 1 amide bonds. The molecule has 0 N–H and O–H groups in total. The molecule has 32 heavy (non-hydrogen) atoms. The fourth-order valence-electron chi connectivity index (χ4n) is 4.35. The van der Waals surface area contributed by atoms with Crippen LogP contribution in [-0.4, -0.2) is 46.8 Å². The number of hydrogen-bond acceptors (Lipinski definition) is 5. The number of aryl methyl sites for hydroxylation is 1. The Bertz CT molecular complexity index is 1370. The van der Waals surface area contributed by atoms with Gasteiger partial charge >= 0.3 is 0 Å². The van der Waals surface area contributed by atoms with Crippen molar-refractivity contribution in [2.24, 2.45) is 0 Å². The van der Waals surface area contributed by atoms with Gasteiger partial charge in [-0.15, -0.1) is 11.3 Å². The van der Waals surface area contributed by atoms with Gasteiger partial charge in [-0.3, -0.25) is 9.59 Å². The monoisotopic (exact) mass is 466 g/mol. The summed E-state index contributed by atoms with van der Waals surface area (Å²) < 4.78 is 3.31. The molecule has 6 nitrogen and oxygen atoms in total. The molecule has 0 saturated carbocycles. The lowest BCUT2D eigenvalue weighted by atomic mass is 10.1. The Morgan fingerprint density at radius 2 is 1.75 bits per heavy atom. The molecule has 1 aliphatic rings. The van der Waals surface area contributed by atoms with E-state index >= 15 is 0 Å². The third-order valence-corrected chi connectivity index (χ3v) is 7.64. The Hall–Kier alpha value is -2.90. The Morgan fingerprint density at radius 1 is 1.06 bits per heavy atom. The largest absolute Gasteiger partial charge is 0.368 e. The van der Waals surface area contributed by atoms with Gasteiger partial charge in [0.05, 0.1) is 15.8 Å². The maximum atomic E-state index is 13.4. The Labute approximate surface area is 194 Å². The number of amides is 1. The summed E-state index contributed by atoms with van der Waals surface area (Å²) in [7, 11) is 0. The molecule has 2 aromatic heterocycles. The van der Waals surface area contributed by atoms with Gasteiger partial charge in [0.25, 0.3) is 5.56 Å². The van der Waals surface area contributed by atoms with Crippen molar-refractivity contribution in [3.63, 3.8) is 0 Å². The van der Waals surface area contributed by atoms with Crippen LogP contribution in [0.1, 0.15) is 18.7 Å². The number of carbonyl (C=O) groups excluding carboxylic acids is 1. The van der Waals surface area contributed by atoms with Crippen LogP contribution in [0.15, 0.2) is 53.3 Å². The van der Waals surface area contributed by atoms with E-state index < -0.39 is 6.04 Å². The predicted molar refractivity (Wildman–Crippen MR) is 131 cm³/mol. The van der Waals surface area contributed by atoms with Crippen LogP contribution in [0.5, 0.6) is 0 Å². The summed E-state index contributed by atoms with van der Waals surface area (Å²) in [6.07, 6.45) is 0. The Balaban J connectivity index is 1.39. The second-order valence-electron chi connectivity index (χ2n) is 8.10. The van der Waals surface area contributed by atoms with Crippen LogP contribution in [0.3, 0.4) is 0 Å². The van der Waals surface area contributed by atoms with Crippen LogP contribution < -0.4 is 10.5 Å². The van der Waals surface area contributed by atoms with E-state index in [0.29, 0.717) is 23.5 Å². The molecule has 5 rings (SSSR count). The first-order valence-electron chi connectivity index (χ1n) is 10.6. The highest BCUT2D eigenvalue weighted by Crippen LogP contribution is 2.33.